The summed E-state index contributed by atoms with van der Waals surface area (Å²) in [5, 5.41) is 11.4. The first-order valence-electron chi connectivity index (χ1n) is 4.92. The van der Waals surface area contributed by atoms with Crippen LogP contribution >= 0.6 is 46.4 Å². The number of para-hydroxylation sites is 1. The van der Waals surface area contributed by atoms with Crippen LogP contribution in [0.25, 0.3) is 0 Å². The topological polar surface area (TPSA) is 43.1 Å². The minimum Gasteiger partial charge on any atom is -0.258 e. The molecule has 0 aliphatic carbocycles. The lowest BCUT2D eigenvalue weighted by Crippen LogP contribution is -1.84. The molecule has 0 aliphatic heterocycles. The van der Waals surface area contributed by atoms with Crippen molar-refractivity contribution in [2.24, 2.45) is 0 Å². The highest BCUT2D eigenvalue weighted by Crippen LogP contribution is 2.34. The monoisotopic (exact) mass is 337 g/mol. The van der Waals surface area contributed by atoms with Crippen LogP contribution in [0.15, 0.2) is 42.5 Å². The van der Waals surface area contributed by atoms with Gasteiger partial charge in [0, 0.05) is 12.1 Å². The summed E-state index contributed by atoms with van der Waals surface area (Å²) in [4.78, 5) is 9.59. The summed E-state index contributed by atoms with van der Waals surface area (Å²) in [6.07, 6.45) is 0. The highest BCUT2D eigenvalue weighted by Gasteiger charge is 2.05. The molecular weight excluding hydrogens is 332 g/mol. The van der Waals surface area contributed by atoms with Gasteiger partial charge in [-0.2, -0.15) is 0 Å². The second-order valence-electron chi connectivity index (χ2n) is 3.25. The van der Waals surface area contributed by atoms with E-state index in [1.165, 1.54) is 12.1 Å². The van der Waals surface area contributed by atoms with Gasteiger partial charge in [-0.15, -0.1) is 0 Å². The average Bonchev–Trinajstić information content (AvgIpc) is 2.42. The zero-order chi connectivity index (χ0) is 14.4. The maximum atomic E-state index is 10.0. The van der Waals surface area contributed by atoms with E-state index in [4.69, 9.17) is 46.4 Å². The predicted molar refractivity (Wildman–Crippen MR) is 79.6 cm³/mol. The third-order valence-electron chi connectivity index (χ3n) is 1.96. The Bertz CT molecular complexity index is 548. The molecule has 0 N–H and O–H groups in total. The molecule has 0 aliphatic rings. The highest BCUT2D eigenvalue weighted by molar-refractivity contribution is 6.51. The van der Waals surface area contributed by atoms with E-state index < -0.39 is 4.92 Å². The van der Waals surface area contributed by atoms with Crippen LogP contribution in [0.2, 0.25) is 20.1 Å². The fourth-order valence-electron chi connectivity index (χ4n) is 1.05. The predicted octanol–water partition coefficient (Wildman–Crippen LogP) is 5.90. The van der Waals surface area contributed by atoms with Crippen molar-refractivity contribution >= 4 is 52.1 Å². The summed E-state index contributed by atoms with van der Waals surface area (Å²) in [6.45, 7) is 0. The van der Waals surface area contributed by atoms with Crippen LogP contribution in [-0.4, -0.2) is 4.92 Å². The van der Waals surface area contributed by atoms with Gasteiger partial charge in [0.1, 0.15) is 0 Å². The molecule has 2 aromatic rings. The molecule has 0 amide bonds. The molecule has 0 aromatic heterocycles. The Morgan fingerprint density at radius 2 is 1.21 bits per heavy atom. The summed E-state index contributed by atoms with van der Waals surface area (Å²) >= 11 is 22.5. The third-order valence-corrected chi connectivity index (χ3v) is 3.66. The minimum atomic E-state index is -0.417. The second kappa shape index (κ2) is 7.56. The first-order chi connectivity index (χ1) is 8.93. The van der Waals surface area contributed by atoms with E-state index in [0.717, 1.165) is 0 Å². The van der Waals surface area contributed by atoms with Gasteiger partial charge in [-0.1, -0.05) is 64.6 Å². The largest absolute Gasteiger partial charge is 0.269 e. The second-order valence-corrected chi connectivity index (χ2v) is 4.82. The molecule has 100 valence electrons. The Balaban J connectivity index is 0.000000191. The van der Waals surface area contributed by atoms with Crippen LogP contribution in [0.5, 0.6) is 0 Å². The van der Waals surface area contributed by atoms with E-state index in [9.17, 15) is 10.1 Å². The van der Waals surface area contributed by atoms with Gasteiger partial charge in [0.25, 0.3) is 5.69 Å². The lowest BCUT2D eigenvalue weighted by Gasteiger charge is -1.98. The van der Waals surface area contributed by atoms with Crippen molar-refractivity contribution in [2.75, 3.05) is 0 Å². The van der Waals surface area contributed by atoms with E-state index in [-0.39, 0.29) is 5.69 Å². The summed E-state index contributed by atoms with van der Waals surface area (Å²) in [6, 6.07) is 11.1. The highest BCUT2D eigenvalue weighted by atomic mass is 35.5. The molecule has 0 radical (unpaired) electrons. The van der Waals surface area contributed by atoms with Gasteiger partial charge in [-0.3, -0.25) is 10.1 Å². The normalized spacial score (nSPS) is 9.47. The number of non-ortho nitro benzene ring substituents is 1. The van der Waals surface area contributed by atoms with Crippen LogP contribution in [0.3, 0.4) is 0 Å². The lowest BCUT2D eigenvalue weighted by atomic mass is 10.3. The number of nitrogens with zero attached hydrogens (tertiary/aromatic N) is 1. The van der Waals surface area contributed by atoms with E-state index >= 15 is 0 Å². The van der Waals surface area contributed by atoms with Crippen molar-refractivity contribution in [3.8, 4) is 0 Å². The van der Waals surface area contributed by atoms with Crippen molar-refractivity contribution in [1.29, 1.82) is 0 Å². The molecule has 0 atom stereocenters. The Labute approximate surface area is 129 Å². The SMILES string of the molecule is Clc1ccc(Cl)c(Cl)c1Cl.O=[N+]([O-])c1ccccc1. The first-order valence-corrected chi connectivity index (χ1v) is 6.43. The number of benzene rings is 2. The van der Waals surface area contributed by atoms with Gasteiger partial charge in [-0.25, -0.2) is 0 Å². The molecular formula is C12H7Cl4NO2. The van der Waals surface area contributed by atoms with E-state index in [0.29, 0.717) is 20.1 Å². The zero-order valence-corrected chi connectivity index (χ0v) is 12.3. The lowest BCUT2D eigenvalue weighted by molar-refractivity contribution is -0.384. The molecule has 0 fully saturated rings. The molecule has 0 saturated carbocycles. The van der Waals surface area contributed by atoms with Gasteiger partial charge in [0.15, 0.2) is 0 Å². The van der Waals surface area contributed by atoms with Gasteiger partial charge in [0.05, 0.1) is 25.0 Å². The van der Waals surface area contributed by atoms with Crippen LogP contribution < -0.4 is 0 Å². The van der Waals surface area contributed by atoms with E-state index in [2.05, 4.69) is 0 Å². The fraction of sp³-hybridized carbons (Fsp3) is 0. The molecule has 19 heavy (non-hydrogen) atoms. The zero-order valence-electron chi connectivity index (χ0n) is 9.32. The summed E-state index contributed by atoms with van der Waals surface area (Å²) in [7, 11) is 0. The van der Waals surface area contributed by atoms with E-state index in [1.54, 1.807) is 30.3 Å². The minimum absolute atomic E-state index is 0.137. The Morgan fingerprint density at radius 1 is 0.789 bits per heavy atom. The maximum absolute atomic E-state index is 10.0. The molecule has 0 saturated heterocycles. The first kappa shape index (κ1) is 16.1. The average molecular weight is 339 g/mol. The number of hydrogen-bond acceptors (Lipinski definition) is 2. The summed E-state index contributed by atoms with van der Waals surface area (Å²) < 4.78 is 0. The maximum Gasteiger partial charge on any atom is 0.269 e. The molecule has 0 spiro atoms. The number of rotatable bonds is 1. The van der Waals surface area contributed by atoms with Gasteiger partial charge in [0.2, 0.25) is 0 Å². The standard InChI is InChI=1S/C6H2Cl4.C6H5NO2/c7-3-1-2-4(8)6(10)5(3)9;8-7(9)6-4-2-1-3-5-6/h1-2H;1-5H. The van der Waals surface area contributed by atoms with Crippen molar-refractivity contribution in [3.63, 3.8) is 0 Å². The van der Waals surface area contributed by atoms with Crippen molar-refractivity contribution in [3.05, 3.63) is 72.7 Å². The van der Waals surface area contributed by atoms with Crippen LogP contribution in [0.4, 0.5) is 5.69 Å². The van der Waals surface area contributed by atoms with Crippen molar-refractivity contribution in [2.45, 2.75) is 0 Å². The Morgan fingerprint density at radius 3 is 1.53 bits per heavy atom. The summed E-state index contributed by atoms with van der Waals surface area (Å²) in [5.41, 5.74) is 0.137. The molecule has 2 aromatic carbocycles. The Kier molecular flexibility index (Phi) is 6.38. The molecule has 0 unspecified atom stereocenters. The van der Waals surface area contributed by atoms with Crippen LogP contribution in [-0.2, 0) is 0 Å². The van der Waals surface area contributed by atoms with Crippen molar-refractivity contribution < 1.29 is 4.92 Å². The third kappa shape index (κ3) is 4.88. The molecule has 3 nitrogen and oxygen atoms in total. The van der Waals surface area contributed by atoms with Crippen LogP contribution in [0, 0.1) is 10.1 Å². The molecule has 7 heteroatoms. The Hall–Kier alpha value is -1.00. The molecule has 0 bridgehead atoms. The number of nitro groups is 1. The smallest absolute Gasteiger partial charge is 0.258 e. The fourth-order valence-corrected chi connectivity index (χ4v) is 1.79. The van der Waals surface area contributed by atoms with E-state index in [1.807, 2.05) is 0 Å². The number of hydrogen-bond donors (Lipinski definition) is 0. The van der Waals surface area contributed by atoms with Gasteiger partial charge in [-0.05, 0) is 12.1 Å². The summed E-state index contributed by atoms with van der Waals surface area (Å²) in [5.74, 6) is 0. The quantitative estimate of drug-likeness (QED) is 0.281. The number of nitro benzene ring substituents is 1. The molecule has 2 rings (SSSR count). The number of halogens is 4. The van der Waals surface area contributed by atoms with Crippen molar-refractivity contribution in [1.82, 2.24) is 0 Å². The molecule has 0 heterocycles. The van der Waals surface area contributed by atoms with Gasteiger partial charge < -0.3 is 0 Å². The van der Waals surface area contributed by atoms with Crippen LogP contribution in [0.1, 0.15) is 0 Å². The van der Waals surface area contributed by atoms with Gasteiger partial charge >= 0.3 is 0 Å².